The van der Waals surface area contributed by atoms with E-state index in [1.807, 2.05) is 59.7 Å². The summed E-state index contributed by atoms with van der Waals surface area (Å²) in [4.78, 5) is 27.9. The van der Waals surface area contributed by atoms with Crippen molar-refractivity contribution in [1.82, 2.24) is 10.2 Å². The number of hydrogen-bond acceptors (Lipinski definition) is 2. The van der Waals surface area contributed by atoms with Crippen LogP contribution >= 0.6 is 0 Å². The Balaban J connectivity index is 2.32. The SMILES string of the molecule is CCC(C(=O)NC(C)(C)C)N(Cc1ccc(F)cc1)C(=O)Cc1ccc(C)c(C)c1. The summed E-state index contributed by atoms with van der Waals surface area (Å²) in [5.74, 6) is -0.636. The van der Waals surface area contributed by atoms with Crippen molar-refractivity contribution in [3.05, 3.63) is 70.5 Å². The summed E-state index contributed by atoms with van der Waals surface area (Å²) in [6, 6.07) is 11.4. The molecule has 0 saturated heterocycles. The molecule has 1 N–H and O–H groups in total. The van der Waals surface area contributed by atoms with Crippen molar-refractivity contribution in [3.8, 4) is 0 Å². The normalized spacial score (nSPS) is 12.4. The van der Waals surface area contributed by atoms with Crippen molar-refractivity contribution >= 4 is 11.8 Å². The van der Waals surface area contributed by atoms with Crippen molar-refractivity contribution in [2.24, 2.45) is 0 Å². The molecule has 2 aromatic rings. The van der Waals surface area contributed by atoms with Crippen molar-refractivity contribution < 1.29 is 14.0 Å². The average molecular weight is 413 g/mol. The van der Waals surface area contributed by atoms with Gasteiger partial charge < -0.3 is 10.2 Å². The van der Waals surface area contributed by atoms with Gasteiger partial charge in [-0.1, -0.05) is 37.3 Å². The largest absolute Gasteiger partial charge is 0.350 e. The van der Waals surface area contributed by atoms with Crippen LogP contribution in [0.5, 0.6) is 0 Å². The number of hydrogen-bond donors (Lipinski definition) is 1. The Morgan fingerprint density at radius 1 is 1.00 bits per heavy atom. The number of carbonyl (C=O) groups excluding carboxylic acids is 2. The van der Waals surface area contributed by atoms with Crippen molar-refractivity contribution in [2.75, 3.05) is 0 Å². The molecule has 0 aromatic heterocycles. The van der Waals surface area contributed by atoms with Gasteiger partial charge in [-0.25, -0.2) is 4.39 Å². The predicted octanol–water partition coefficient (Wildman–Crippen LogP) is 4.71. The smallest absolute Gasteiger partial charge is 0.243 e. The molecule has 2 aromatic carbocycles. The minimum atomic E-state index is -0.603. The summed E-state index contributed by atoms with van der Waals surface area (Å²) < 4.78 is 13.3. The van der Waals surface area contributed by atoms with Crippen molar-refractivity contribution in [1.29, 1.82) is 0 Å². The standard InChI is InChI=1S/C25H33FN2O2/c1-7-22(24(30)27-25(4,5)6)28(16-19-10-12-21(26)13-11-19)23(29)15-20-9-8-17(2)18(3)14-20/h8-14,22H,7,15-16H2,1-6H3,(H,27,30). The summed E-state index contributed by atoms with van der Waals surface area (Å²) in [6.45, 7) is 11.9. The second kappa shape index (κ2) is 9.88. The van der Waals surface area contributed by atoms with Gasteiger partial charge in [0.1, 0.15) is 11.9 Å². The van der Waals surface area contributed by atoms with E-state index in [4.69, 9.17) is 0 Å². The third-order valence-corrected chi connectivity index (χ3v) is 5.08. The molecule has 0 spiro atoms. The Morgan fingerprint density at radius 3 is 2.13 bits per heavy atom. The Bertz CT molecular complexity index is 885. The van der Waals surface area contributed by atoms with Gasteiger partial charge in [0.2, 0.25) is 11.8 Å². The minimum absolute atomic E-state index is 0.126. The zero-order valence-electron chi connectivity index (χ0n) is 18.9. The van der Waals surface area contributed by atoms with Crippen LogP contribution in [-0.4, -0.2) is 28.3 Å². The maximum absolute atomic E-state index is 13.3. The van der Waals surface area contributed by atoms with Crippen LogP contribution in [0.2, 0.25) is 0 Å². The van der Waals surface area contributed by atoms with E-state index < -0.39 is 11.6 Å². The number of halogens is 1. The molecule has 4 nitrogen and oxygen atoms in total. The summed E-state index contributed by atoms with van der Waals surface area (Å²) in [7, 11) is 0. The molecule has 2 rings (SSSR count). The Hall–Kier alpha value is -2.69. The first-order chi connectivity index (χ1) is 14.0. The molecule has 162 valence electrons. The van der Waals surface area contributed by atoms with Gasteiger partial charge in [-0.2, -0.15) is 0 Å². The van der Waals surface area contributed by atoms with Crippen LogP contribution in [0.15, 0.2) is 42.5 Å². The summed E-state index contributed by atoms with van der Waals surface area (Å²) in [5.41, 5.74) is 3.60. The first-order valence-electron chi connectivity index (χ1n) is 10.4. The van der Waals surface area contributed by atoms with E-state index in [0.29, 0.717) is 6.42 Å². The van der Waals surface area contributed by atoms with E-state index in [-0.39, 0.29) is 30.6 Å². The molecule has 1 unspecified atom stereocenters. The van der Waals surface area contributed by atoms with E-state index >= 15 is 0 Å². The molecular weight excluding hydrogens is 379 g/mol. The molecule has 1 atom stereocenters. The number of benzene rings is 2. The fraction of sp³-hybridized carbons (Fsp3) is 0.440. The maximum atomic E-state index is 13.3. The van der Waals surface area contributed by atoms with Crippen LogP contribution in [0.25, 0.3) is 0 Å². The Kier molecular flexibility index (Phi) is 7.77. The lowest BCUT2D eigenvalue weighted by Crippen LogP contribution is -2.53. The molecule has 0 heterocycles. The van der Waals surface area contributed by atoms with Crippen LogP contribution in [0.1, 0.15) is 56.4 Å². The van der Waals surface area contributed by atoms with Gasteiger partial charge >= 0.3 is 0 Å². The molecule has 0 bridgehead atoms. The topological polar surface area (TPSA) is 49.4 Å². The van der Waals surface area contributed by atoms with Crippen LogP contribution in [-0.2, 0) is 22.6 Å². The van der Waals surface area contributed by atoms with Gasteiger partial charge in [0, 0.05) is 12.1 Å². The van der Waals surface area contributed by atoms with Gasteiger partial charge in [-0.3, -0.25) is 9.59 Å². The average Bonchev–Trinajstić information content (AvgIpc) is 2.64. The molecule has 30 heavy (non-hydrogen) atoms. The van der Waals surface area contributed by atoms with E-state index in [0.717, 1.165) is 16.7 Å². The van der Waals surface area contributed by atoms with Crippen LogP contribution in [0.4, 0.5) is 4.39 Å². The van der Waals surface area contributed by atoms with Crippen molar-refractivity contribution in [2.45, 2.75) is 72.5 Å². The number of amides is 2. The highest BCUT2D eigenvalue weighted by atomic mass is 19.1. The second-order valence-electron chi connectivity index (χ2n) is 8.91. The highest BCUT2D eigenvalue weighted by molar-refractivity contribution is 5.88. The molecule has 0 aliphatic rings. The lowest BCUT2D eigenvalue weighted by Gasteiger charge is -2.33. The minimum Gasteiger partial charge on any atom is -0.350 e. The lowest BCUT2D eigenvalue weighted by molar-refractivity contribution is -0.141. The second-order valence-corrected chi connectivity index (χ2v) is 8.91. The van der Waals surface area contributed by atoms with Gasteiger partial charge in [0.05, 0.1) is 6.42 Å². The molecule has 0 radical (unpaired) electrons. The third-order valence-electron chi connectivity index (χ3n) is 5.08. The van der Waals surface area contributed by atoms with Gasteiger partial charge in [0.25, 0.3) is 0 Å². The van der Waals surface area contributed by atoms with Crippen LogP contribution in [0.3, 0.4) is 0 Å². The third kappa shape index (κ3) is 6.68. The monoisotopic (exact) mass is 412 g/mol. The molecule has 2 amide bonds. The molecule has 0 saturated carbocycles. The summed E-state index contributed by atoms with van der Waals surface area (Å²) in [6.07, 6.45) is 0.698. The number of carbonyl (C=O) groups is 2. The number of nitrogens with zero attached hydrogens (tertiary/aromatic N) is 1. The number of rotatable bonds is 7. The van der Waals surface area contributed by atoms with Crippen molar-refractivity contribution in [3.63, 3.8) is 0 Å². The van der Waals surface area contributed by atoms with E-state index in [1.165, 1.54) is 17.7 Å². The van der Waals surface area contributed by atoms with Gasteiger partial charge in [-0.15, -0.1) is 0 Å². The Labute approximate surface area is 179 Å². The lowest BCUT2D eigenvalue weighted by atomic mass is 10.0. The molecule has 5 heteroatoms. The summed E-state index contributed by atoms with van der Waals surface area (Å²) >= 11 is 0. The fourth-order valence-electron chi connectivity index (χ4n) is 3.35. The summed E-state index contributed by atoms with van der Waals surface area (Å²) in [5, 5.41) is 2.99. The van der Waals surface area contributed by atoms with E-state index in [1.54, 1.807) is 17.0 Å². The Morgan fingerprint density at radius 2 is 1.60 bits per heavy atom. The van der Waals surface area contributed by atoms with E-state index in [9.17, 15) is 14.0 Å². The highest BCUT2D eigenvalue weighted by Crippen LogP contribution is 2.17. The van der Waals surface area contributed by atoms with Gasteiger partial charge in [0.15, 0.2) is 0 Å². The quantitative estimate of drug-likeness (QED) is 0.716. The highest BCUT2D eigenvalue weighted by Gasteiger charge is 2.30. The molecular formula is C25H33FN2O2. The maximum Gasteiger partial charge on any atom is 0.243 e. The van der Waals surface area contributed by atoms with Gasteiger partial charge in [-0.05, 0) is 75.4 Å². The van der Waals surface area contributed by atoms with E-state index in [2.05, 4.69) is 5.32 Å². The zero-order chi connectivity index (χ0) is 22.5. The van der Waals surface area contributed by atoms with Crippen LogP contribution < -0.4 is 5.32 Å². The number of aryl methyl sites for hydroxylation is 2. The zero-order valence-corrected chi connectivity index (χ0v) is 18.9. The fourth-order valence-corrected chi connectivity index (χ4v) is 3.35. The number of nitrogens with one attached hydrogen (secondary N) is 1. The molecule has 0 fully saturated rings. The predicted molar refractivity (Wildman–Crippen MR) is 119 cm³/mol. The molecule has 0 aliphatic heterocycles. The first-order valence-corrected chi connectivity index (χ1v) is 10.4. The first kappa shape index (κ1) is 23.6. The molecule has 0 aliphatic carbocycles. The van der Waals surface area contributed by atoms with Crippen LogP contribution in [0, 0.1) is 19.7 Å².